The predicted octanol–water partition coefficient (Wildman–Crippen LogP) is 2.20. The van der Waals surface area contributed by atoms with Crippen LogP contribution in [0.1, 0.15) is 22.8 Å². The third kappa shape index (κ3) is 3.22. The van der Waals surface area contributed by atoms with Crippen LogP contribution in [0, 0.1) is 18.6 Å². The van der Waals surface area contributed by atoms with Gasteiger partial charge in [-0.05, 0) is 31.5 Å². The summed E-state index contributed by atoms with van der Waals surface area (Å²) in [6, 6.07) is 3.95. The molecule has 4 rings (SSSR count). The van der Waals surface area contributed by atoms with Gasteiger partial charge in [-0.15, -0.1) is 0 Å². The molecule has 152 valence electrons. The van der Waals surface area contributed by atoms with Crippen molar-refractivity contribution in [1.82, 2.24) is 14.3 Å². The highest BCUT2D eigenvalue weighted by Gasteiger charge is 2.47. The summed E-state index contributed by atoms with van der Waals surface area (Å²) in [4.78, 5) is 18.4. The normalized spacial score (nSPS) is 16.6. The van der Waals surface area contributed by atoms with Gasteiger partial charge in [0.1, 0.15) is 11.4 Å². The van der Waals surface area contributed by atoms with E-state index >= 15 is 4.39 Å². The number of halogens is 2. The quantitative estimate of drug-likeness (QED) is 0.623. The number of carbonyl (C=O) groups is 1. The van der Waals surface area contributed by atoms with Gasteiger partial charge >= 0.3 is 0 Å². The number of hydrogen-bond donors (Lipinski definition) is 3. The Kier molecular flexibility index (Phi) is 4.51. The first kappa shape index (κ1) is 19.3. The van der Waals surface area contributed by atoms with Gasteiger partial charge in [0.15, 0.2) is 11.5 Å². The fourth-order valence-electron chi connectivity index (χ4n) is 3.38. The highest BCUT2D eigenvalue weighted by atomic mass is 19.1. The third-order valence-electron chi connectivity index (χ3n) is 5.30. The molecule has 0 radical (unpaired) electrons. The highest BCUT2D eigenvalue weighted by Crippen LogP contribution is 2.32. The number of carbonyl (C=O) groups excluding carboxylic acids is 1. The van der Waals surface area contributed by atoms with Crippen molar-refractivity contribution >= 4 is 22.9 Å². The number of aryl methyl sites for hydroxylation is 1. The molecule has 1 aliphatic heterocycles. The minimum atomic E-state index is -1.18. The molecule has 0 saturated carbocycles. The average molecular weight is 401 g/mol. The van der Waals surface area contributed by atoms with Crippen LogP contribution in [0.3, 0.4) is 0 Å². The Hall–Kier alpha value is -3.04. The maximum atomic E-state index is 15.2. The number of likely N-dealkylation sites (tertiary alicyclic amines) is 1. The first-order valence-electron chi connectivity index (χ1n) is 9.15. The molecular formula is C20H21F2N5O2. The van der Waals surface area contributed by atoms with E-state index in [1.165, 1.54) is 40.0 Å². The number of benzene rings is 1. The molecule has 9 heteroatoms. The van der Waals surface area contributed by atoms with E-state index in [-0.39, 0.29) is 35.7 Å². The molecule has 1 saturated heterocycles. The molecule has 0 spiro atoms. The van der Waals surface area contributed by atoms with E-state index in [0.717, 1.165) is 0 Å². The molecule has 1 fully saturated rings. The Labute approximate surface area is 165 Å². The zero-order chi connectivity index (χ0) is 20.9. The van der Waals surface area contributed by atoms with Gasteiger partial charge in [0.25, 0.3) is 5.91 Å². The lowest BCUT2D eigenvalue weighted by molar-refractivity contribution is -0.0931. The number of aromatic nitrogens is 2. The van der Waals surface area contributed by atoms with E-state index in [9.17, 15) is 14.3 Å². The lowest BCUT2D eigenvalue weighted by Gasteiger charge is -2.48. The predicted molar refractivity (Wildman–Crippen MR) is 104 cm³/mol. The molecule has 1 aliphatic rings. The summed E-state index contributed by atoms with van der Waals surface area (Å²) in [7, 11) is 0. The maximum absolute atomic E-state index is 15.2. The van der Waals surface area contributed by atoms with Crippen molar-refractivity contribution in [2.75, 3.05) is 18.4 Å². The molecule has 1 amide bonds. The fraction of sp³-hybridized carbons (Fsp3) is 0.300. The van der Waals surface area contributed by atoms with Gasteiger partial charge in [-0.25, -0.2) is 13.8 Å². The minimum absolute atomic E-state index is 0.000278. The van der Waals surface area contributed by atoms with Crippen LogP contribution in [0.4, 0.5) is 20.2 Å². The lowest BCUT2D eigenvalue weighted by Crippen LogP contribution is -2.70. The summed E-state index contributed by atoms with van der Waals surface area (Å²) in [6.07, 6.45) is 4.35. The Bertz CT molecular complexity index is 1110. The summed E-state index contributed by atoms with van der Waals surface area (Å²) >= 11 is 0. The van der Waals surface area contributed by atoms with Crippen LogP contribution in [0.25, 0.3) is 5.65 Å². The van der Waals surface area contributed by atoms with Gasteiger partial charge in [0.05, 0.1) is 30.0 Å². The van der Waals surface area contributed by atoms with Crippen molar-refractivity contribution in [2.24, 2.45) is 5.73 Å². The number of imidazole rings is 1. The van der Waals surface area contributed by atoms with Crippen molar-refractivity contribution in [2.45, 2.75) is 25.5 Å². The Balaban J connectivity index is 1.75. The van der Waals surface area contributed by atoms with Crippen LogP contribution in [0.5, 0.6) is 0 Å². The van der Waals surface area contributed by atoms with E-state index < -0.39 is 29.2 Å². The number of rotatable bonds is 4. The maximum Gasteiger partial charge on any atom is 0.257 e. The Morgan fingerprint density at radius 3 is 2.76 bits per heavy atom. The first-order chi connectivity index (χ1) is 13.7. The molecule has 3 aromatic rings. The summed E-state index contributed by atoms with van der Waals surface area (Å²) in [6.45, 7) is 3.46. The fourth-order valence-corrected chi connectivity index (χ4v) is 3.38. The molecule has 1 unspecified atom stereocenters. The van der Waals surface area contributed by atoms with Crippen molar-refractivity contribution in [3.8, 4) is 0 Å². The zero-order valence-corrected chi connectivity index (χ0v) is 16.0. The van der Waals surface area contributed by atoms with E-state index in [4.69, 9.17) is 5.73 Å². The number of pyridine rings is 1. The molecule has 29 heavy (non-hydrogen) atoms. The molecule has 4 N–H and O–H groups in total. The zero-order valence-electron chi connectivity index (χ0n) is 16.0. The van der Waals surface area contributed by atoms with Crippen LogP contribution in [0.15, 0.2) is 36.8 Å². The van der Waals surface area contributed by atoms with Gasteiger partial charge in [0.2, 0.25) is 0 Å². The second-order valence-corrected chi connectivity index (χ2v) is 7.55. The number of nitrogens with two attached hydrogens (primary N) is 1. The number of nitrogens with zero attached hydrogens (tertiary/aromatic N) is 3. The minimum Gasteiger partial charge on any atom is -0.385 e. The second kappa shape index (κ2) is 6.78. The van der Waals surface area contributed by atoms with Crippen LogP contribution in [-0.2, 0) is 0 Å². The van der Waals surface area contributed by atoms with Crippen LogP contribution in [0.2, 0.25) is 0 Å². The van der Waals surface area contributed by atoms with E-state index in [1.807, 2.05) is 0 Å². The first-order valence-corrected chi connectivity index (χ1v) is 9.15. The van der Waals surface area contributed by atoms with Crippen molar-refractivity contribution < 1.29 is 18.7 Å². The molecule has 2 aromatic heterocycles. The number of amides is 1. The number of β-amino-alcohol motifs (C(OH)–C–C–N with tert-alkyl or cyclic N) is 1. The Morgan fingerprint density at radius 1 is 1.38 bits per heavy atom. The van der Waals surface area contributed by atoms with Crippen molar-refractivity contribution in [1.29, 1.82) is 0 Å². The van der Waals surface area contributed by atoms with Gasteiger partial charge in [-0.2, -0.15) is 0 Å². The average Bonchev–Trinajstić information content (AvgIpc) is 3.11. The summed E-state index contributed by atoms with van der Waals surface area (Å²) in [5, 5.41) is 13.0. The van der Waals surface area contributed by atoms with Crippen molar-refractivity contribution in [3.05, 3.63) is 59.6 Å². The monoisotopic (exact) mass is 401 g/mol. The highest BCUT2D eigenvalue weighted by molar-refractivity contribution is 6.01. The summed E-state index contributed by atoms with van der Waals surface area (Å²) in [5.74, 6) is -1.84. The molecule has 7 nitrogen and oxygen atoms in total. The number of anilines is 2. The van der Waals surface area contributed by atoms with Crippen LogP contribution < -0.4 is 11.1 Å². The number of fused-ring (bicyclic) bond motifs is 1. The van der Waals surface area contributed by atoms with Crippen LogP contribution >= 0.6 is 0 Å². The molecule has 0 bridgehead atoms. The summed E-state index contributed by atoms with van der Waals surface area (Å²) < 4.78 is 30.9. The lowest BCUT2D eigenvalue weighted by atomic mass is 9.87. The van der Waals surface area contributed by atoms with Gasteiger partial charge in [-0.3, -0.25) is 4.79 Å². The van der Waals surface area contributed by atoms with E-state index in [0.29, 0.717) is 5.56 Å². The van der Waals surface area contributed by atoms with Gasteiger partial charge < -0.3 is 25.5 Å². The molecular weight excluding hydrogens is 380 g/mol. The molecule has 1 atom stereocenters. The van der Waals surface area contributed by atoms with Crippen molar-refractivity contribution in [3.63, 3.8) is 0 Å². The molecule has 3 heterocycles. The second-order valence-electron chi connectivity index (χ2n) is 7.55. The Morgan fingerprint density at radius 2 is 2.10 bits per heavy atom. The number of aliphatic hydroxyl groups is 1. The largest absolute Gasteiger partial charge is 0.385 e. The standard InChI is InChI=1S/C20H21F2N5O2/c1-11-3-4-15(14(21)7-11)25-17-13(8-26-6-5-24-18(26)16(17)22)19(28)27-9-20(29,10-27)12(2)23/h3-8,12,25,29H,9-10,23H2,1-2H3. The third-order valence-corrected chi connectivity index (χ3v) is 5.30. The van der Waals surface area contributed by atoms with Gasteiger partial charge in [0, 0.05) is 24.6 Å². The summed E-state index contributed by atoms with van der Waals surface area (Å²) in [5.41, 5.74) is 5.17. The van der Waals surface area contributed by atoms with Crippen LogP contribution in [-0.4, -0.2) is 50.0 Å². The molecule has 1 aromatic carbocycles. The molecule has 0 aliphatic carbocycles. The SMILES string of the molecule is Cc1ccc(Nc2c(C(=O)N3CC(O)(C(C)N)C3)cn3ccnc3c2F)c(F)c1. The van der Waals surface area contributed by atoms with E-state index in [2.05, 4.69) is 10.3 Å². The van der Waals surface area contributed by atoms with Gasteiger partial charge in [-0.1, -0.05) is 6.07 Å². The number of nitrogens with one attached hydrogen (secondary N) is 1. The topological polar surface area (TPSA) is 95.9 Å². The smallest absolute Gasteiger partial charge is 0.257 e. The number of hydrogen-bond acceptors (Lipinski definition) is 5. The van der Waals surface area contributed by atoms with E-state index in [1.54, 1.807) is 19.9 Å².